The van der Waals surface area contributed by atoms with Gasteiger partial charge in [-0.05, 0) is 30.7 Å². The summed E-state index contributed by atoms with van der Waals surface area (Å²) < 4.78 is 0. The molecule has 2 fully saturated rings. The van der Waals surface area contributed by atoms with E-state index in [1.54, 1.807) is 0 Å². The molecule has 2 aliphatic heterocycles. The third kappa shape index (κ3) is 4.05. The van der Waals surface area contributed by atoms with E-state index < -0.39 is 0 Å². The number of nitrogen functional groups attached to an aromatic ring is 1. The highest BCUT2D eigenvalue weighted by Crippen LogP contribution is 2.33. The monoisotopic (exact) mass is 318 g/mol. The number of likely N-dealkylation sites (tertiary alicyclic amines) is 1. The molecule has 6 heteroatoms. The van der Waals surface area contributed by atoms with E-state index >= 15 is 0 Å². The standard InChI is InChI=1S/C17H30N6/c1-17(2,3)5-6-19-14-7-15(21-16(18)20-14)23-10-12-8-22(4)9-13(12)11-23/h7,12-13H,5-6,8-11H2,1-4H3,(H3,18,19,20,21)/t12-,13+. The summed E-state index contributed by atoms with van der Waals surface area (Å²) in [6.45, 7) is 12.2. The highest BCUT2D eigenvalue weighted by atomic mass is 15.3. The number of rotatable bonds is 4. The van der Waals surface area contributed by atoms with E-state index in [1.165, 1.54) is 13.1 Å². The minimum atomic E-state index is 0.312. The highest BCUT2D eigenvalue weighted by Gasteiger charge is 2.39. The molecule has 2 saturated heterocycles. The molecule has 23 heavy (non-hydrogen) atoms. The Morgan fingerprint density at radius 2 is 1.83 bits per heavy atom. The van der Waals surface area contributed by atoms with Gasteiger partial charge in [0, 0.05) is 38.8 Å². The molecule has 0 spiro atoms. The van der Waals surface area contributed by atoms with Crippen LogP contribution in [0.15, 0.2) is 6.07 Å². The first kappa shape index (κ1) is 16.3. The number of hydrogen-bond donors (Lipinski definition) is 2. The van der Waals surface area contributed by atoms with Gasteiger partial charge in [-0.15, -0.1) is 0 Å². The van der Waals surface area contributed by atoms with Crippen molar-refractivity contribution in [2.24, 2.45) is 17.3 Å². The van der Waals surface area contributed by atoms with Crippen molar-refractivity contribution in [3.63, 3.8) is 0 Å². The molecule has 0 amide bonds. The Balaban J connectivity index is 1.64. The van der Waals surface area contributed by atoms with Crippen molar-refractivity contribution in [3.05, 3.63) is 6.07 Å². The van der Waals surface area contributed by atoms with Gasteiger partial charge in [0.15, 0.2) is 0 Å². The van der Waals surface area contributed by atoms with Crippen molar-refractivity contribution >= 4 is 17.6 Å². The molecule has 0 bridgehead atoms. The Bertz CT molecular complexity index is 539. The van der Waals surface area contributed by atoms with Gasteiger partial charge in [-0.1, -0.05) is 20.8 Å². The largest absolute Gasteiger partial charge is 0.370 e. The van der Waals surface area contributed by atoms with Crippen LogP contribution < -0.4 is 16.0 Å². The number of fused-ring (bicyclic) bond motifs is 1. The maximum absolute atomic E-state index is 5.93. The van der Waals surface area contributed by atoms with E-state index in [-0.39, 0.29) is 0 Å². The summed E-state index contributed by atoms with van der Waals surface area (Å²) >= 11 is 0. The maximum atomic E-state index is 5.93. The van der Waals surface area contributed by atoms with Crippen LogP contribution in [0.2, 0.25) is 0 Å². The highest BCUT2D eigenvalue weighted by molar-refractivity contribution is 5.53. The fourth-order valence-electron chi connectivity index (χ4n) is 3.69. The molecule has 0 radical (unpaired) electrons. The zero-order valence-corrected chi connectivity index (χ0v) is 14.8. The molecule has 3 N–H and O–H groups in total. The van der Waals surface area contributed by atoms with Gasteiger partial charge in [-0.25, -0.2) is 0 Å². The lowest BCUT2D eigenvalue weighted by molar-refractivity contribution is 0.387. The maximum Gasteiger partial charge on any atom is 0.223 e. The number of aromatic nitrogens is 2. The Kier molecular flexibility index (Phi) is 4.36. The molecule has 2 aliphatic rings. The van der Waals surface area contributed by atoms with Crippen molar-refractivity contribution in [1.82, 2.24) is 14.9 Å². The number of anilines is 3. The topological polar surface area (TPSA) is 70.3 Å². The van der Waals surface area contributed by atoms with Crippen LogP contribution in [-0.4, -0.2) is 54.6 Å². The third-order valence-corrected chi connectivity index (χ3v) is 4.90. The Morgan fingerprint density at radius 3 is 2.43 bits per heavy atom. The van der Waals surface area contributed by atoms with E-state index in [9.17, 15) is 0 Å². The molecule has 0 aromatic carbocycles. The molecule has 6 nitrogen and oxygen atoms in total. The predicted octanol–water partition coefficient (Wildman–Crippen LogP) is 1.90. The lowest BCUT2D eigenvalue weighted by Gasteiger charge is -2.22. The first-order chi connectivity index (χ1) is 10.8. The third-order valence-electron chi connectivity index (χ3n) is 4.90. The van der Waals surface area contributed by atoms with Gasteiger partial charge in [-0.2, -0.15) is 9.97 Å². The second kappa shape index (κ2) is 6.15. The van der Waals surface area contributed by atoms with Crippen LogP contribution >= 0.6 is 0 Å². The normalized spacial score (nSPS) is 25.0. The van der Waals surface area contributed by atoms with Crippen molar-refractivity contribution < 1.29 is 0 Å². The second-order valence-corrected chi connectivity index (χ2v) is 8.35. The lowest BCUT2D eigenvalue weighted by atomic mass is 9.92. The minimum Gasteiger partial charge on any atom is -0.370 e. The number of hydrogen-bond acceptors (Lipinski definition) is 6. The molecule has 0 aliphatic carbocycles. The zero-order valence-electron chi connectivity index (χ0n) is 14.8. The number of nitrogens with two attached hydrogens (primary N) is 1. The first-order valence-corrected chi connectivity index (χ1v) is 8.62. The van der Waals surface area contributed by atoms with Crippen molar-refractivity contribution in [1.29, 1.82) is 0 Å². The van der Waals surface area contributed by atoms with Gasteiger partial charge in [0.25, 0.3) is 0 Å². The zero-order chi connectivity index (χ0) is 16.6. The molecule has 1 aromatic heterocycles. The minimum absolute atomic E-state index is 0.312. The second-order valence-electron chi connectivity index (χ2n) is 8.35. The van der Waals surface area contributed by atoms with E-state index in [0.29, 0.717) is 11.4 Å². The van der Waals surface area contributed by atoms with Gasteiger partial charge in [-0.3, -0.25) is 0 Å². The molecule has 0 unspecified atom stereocenters. The number of nitrogens with one attached hydrogen (secondary N) is 1. The van der Waals surface area contributed by atoms with Crippen LogP contribution in [0.5, 0.6) is 0 Å². The molecule has 3 rings (SSSR count). The molecular formula is C17H30N6. The van der Waals surface area contributed by atoms with Gasteiger partial charge >= 0.3 is 0 Å². The summed E-state index contributed by atoms with van der Waals surface area (Å²) in [4.78, 5) is 13.6. The fourth-order valence-corrected chi connectivity index (χ4v) is 3.69. The molecule has 0 saturated carbocycles. The Labute approximate surface area is 139 Å². The lowest BCUT2D eigenvalue weighted by Crippen LogP contribution is -2.27. The molecular weight excluding hydrogens is 288 g/mol. The van der Waals surface area contributed by atoms with Crippen molar-refractivity contribution in [2.45, 2.75) is 27.2 Å². The molecule has 128 valence electrons. The van der Waals surface area contributed by atoms with E-state index in [4.69, 9.17) is 5.73 Å². The SMILES string of the molecule is CN1C[C@@H]2CN(c3cc(NCCC(C)(C)C)nc(N)n3)C[C@@H]2C1. The van der Waals surface area contributed by atoms with Gasteiger partial charge in [0.05, 0.1) is 0 Å². The van der Waals surface area contributed by atoms with Crippen LogP contribution in [0.3, 0.4) is 0 Å². The molecule has 3 heterocycles. The summed E-state index contributed by atoms with van der Waals surface area (Å²) in [5.41, 5.74) is 6.24. The summed E-state index contributed by atoms with van der Waals surface area (Å²) in [5.74, 6) is 3.68. The molecule has 1 aromatic rings. The van der Waals surface area contributed by atoms with Crippen LogP contribution in [0.1, 0.15) is 27.2 Å². The van der Waals surface area contributed by atoms with E-state index in [2.05, 4.69) is 52.9 Å². The average molecular weight is 318 g/mol. The fraction of sp³-hybridized carbons (Fsp3) is 0.765. The summed E-state index contributed by atoms with van der Waals surface area (Å²) in [6.07, 6.45) is 1.09. The summed E-state index contributed by atoms with van der Waals surface area (Å²) in [7, 11) is 2.21. The van der Waals surface area contributed by atoms with Gasteiger partial charge < -0.3 is 20.9 Å². The summed E-state index contributed by atoms with van der Waals surface area (Å²) in [5, 5.41) is 3.40. The van der Waals surface area contributed by atoms with Crippen molar-refractivity contribution in [2.75, 3.05) is 55.7 Å². The molecule has 2 atom stereocenters. The first-order valence-electron chi connectivity index (χ1n) is 8.62. The quantitative estimate of drug-likeness (QED) is 0.884. The van der Waals surface area contributed by atoms with Crippen LogP contribution in [-0.2, 0) is 0 Å². The van der Waals surface area contributed by atoms with Crippen LogP contribution in [0.4, 0.5) is 17.6 Å². The number of nitrogens with zero attached hydrogens (tertiary/aromatic N) is 4. The predicted molar refractivity (Wildman–Crippen MR) is 95.7 cm³/mol. The van der Waals surface area contributed by atoms with Crippen LogP contribution in [0, 0.1) is 17.3 Å². The smallest absolute Gasteiger partial charge is 0.223 e. The Hall–Kier alpha value is -1.56. The van der Waals surface area contributed by atoms with Gasteiger partial charge in [0.2, 0.25) is 5.95 Å². The summed E-state index contributed by atoms with van der Waals surface area (Å²) in [6, 6.07) is 2.05. The van der Waals surface area contributed by atoms with Crippen LogP contribution in [0.25, 0.3) is 0 Å². The van der Waals surface area contributed by atoms with Crippen molar-refractivity contribution in [3.8, 4) is 0 Å². The van der Waals surface area contributed by atoms with E-state index in [0.717, 1.165) is 49.5 Å². The Morgan fingerprint density at radius 1 is 1.17 bits per heavy atom. The van der Waals surface area contributed by atoms with E-state index in [1.807, 2.05) is 6.07 Å². The van der Waals surface area contributed by atoms with Gasteiger partial charge in [0.1, 0.15) is 11.6 Å². The average Bonchev–Trinajstić information content (AvgIpc) is 2.93.